The van der Waals surface area contributed by atoms with Crippen molar-refractivity contribution in [1.82, 2.24) is 15.0 Å². The molecule has 1 aromatic carbocycles. The molecule has 0 aliphatic rings. The largest absolute Gasteiger partial charge is 0.390 e. The van der Waals surface area contributed by atoms with Gasteiger partial charge in [0.25, 0.3) is 0 Å². The molecule has 1 N–H and O–H groups in total. The van der Waals surface area contributed by atoms with Crippen LogP contribution in [-0.2, 0) is 24.4 Å². The van der Waals surface area contributed by atoms with Gasteiger partial charge in [-0.05, 0) is 18.1 Å². The molecule has 1 aromatic heterocycles. The van der Waals surface area contributed by atoms with Crippen LogP contribution < -0.4 is 0 Å². The average molecular weight is 247 g/mol. The number of nitrogens with zero attached hydrogens (tertiary/aromatic N) is 3. The van der Waals surface area contributed by atoms with Crippen LogP contribution in [0.1, 0.15) is 23.9 Å². The lowest BCUT2D eigenvalue weighted by molar-refractivity contribution is 0.175. The van der Waals surface area contributed by atoms with Gasteiger partial charge in [-0.1, -0.05) is 30.3 Å². The maximum Gasteiger partial charge on any atom is 0.114 e. The van der Waals surface area contributed by atoms with E-state index < -0.39 is 0 Å². The van der Waals surface area contributed by atoms with E-state index in [4.69, 9.17) is 4.74 Å². The van der Waals surface area contributed by atoms with Gasteiger partial charge in [-0.2, -0.15) is 0 Å². The maximum absolute atomic E-state index is 9.26. The molecule has 0 saturated heterocycles. The lowest BCUT2D eigenvalue weighted by Crippen LogP contribution is -2.07. The van der Waals surface area contributed by atoms with Crippen LogP contribution in [0.15, 0.2) is 24.3 Å². The molecular formula is C13H17N3O2. The van der Waals surface area contributed by atoms with E-state index in [9.17, 15) is 5.11 Å². The second kappa shape index (κ2) is 5.75. The molecule has 2 rings (SSSR count). The minimum Gasteiger partial charge on any atom is -0.390 e. The zero-order chi connectivity index (χ0) is 13.0. The fraction of sp³-hybridized carbons (Fsp3) is 0.385. The van der Waals surface area contributed by atoms with Gasteiger partial charge in [-0.15, -0.1) is 5.10 Å². The predicted octanol–water partition coefficient (Wildman–Crippen LogP) is 1.47. The third-order valence-corrected chi connectivity index (χ3v) is 2.88. The molecule has 0 aliphatic heterocycles. The molecule has 0 spiro atoms. The monoisotopic (exact) mass is 247 g/mol. The molecule has 0 aliphatic carbocycles. The van der Waals surface area contributed by atoms with E-state index in [0.717, 1.165) is 17.8 Å². The van der Waals surface area contributed by atoms with Gasteiger partial charge in [-0.3, -0.25) is 0 Å². The van der Waals surface area contributed by atoms with Crippen molar-refractivity contribution >= 4 is 0 Å². The van der Waals surface area contributed by atoms with Gasteiger partial charge < -0.3 is 9.84 Å². The summed E-state index contributed by atoms with van der Waals surface area (Å²) in [6.07, 6.45) is 0.914. The highest BCUT2D eigenvalue weighted by Crippen LogP contribution is 2.18. The molecular weight excluding hydrogens is 230 g/mol. The van der Waals surface area contributed by atoms with Gasteiger partial charge in [0.05, 0.1) is 24.6 Å². The van der Waals surface area contributed by atoms with Crippen LogP contribution in [0.25, 0.3) is 5.69 Å². The molecule has 0 saturated carbocycles. The van der Waals surface area contributed by atoms with E-state index in [1.807, 2.05) is 18.2 Å². The number of aromatic nitrogens is 3. The Morgan fingerprint density at radius 1 is 1.33 bits per heavy atom. The number of aryl methyl sites for hydroxylation is 1. The molecule has 1 heterocycles. The number of hydrogen-bond acceptors (Lipinski definition) is 4. The number of methoxy groups -OCH3 is 1. The molecule has 0 amide bonds. The Hall–Kier alpha value is -1.72. The molecule has 2 aromatic rings. The fourth-order valence-electron chi connectivity index (χ4n) is 1.95. The van der Waals surface area contributed by atoms with E-state index in [2.05, 4.69) is 23.3 Å². The van der Waals surface area contributed by atoms with Crippen molar-refractivity contribution in [2.24, 2.45) is 0 Å². The standard InChI is InChI=1S/C13H17N3O2/c1-3-10-6-4-5-7-12(10)16-13(9-18-2)11(8-17)14-15-16/h4-7,17H,3,8-9H2,1-2H3. The molecule has 18 heavy (non-hydrogen) atoms. The van der Waals surface area contributed by atoms with Crippen LogP contribution in [0.4, 0.5) is 0 Å². The normalized spacial score (nSPS) is 10.8. The maximum atomic E-state index is 9.26. The average Bonchev–Trinajstić information content (AvgIpc) is 2.82. The summed E-state index contributed by atoms with van der Waals surface area (Å²) in [6, 6.07) is 8.02. The second-order valence-corrected chi connectivity index (χ2v) is 3.97. The highest BCUT2D eigenvalue weighted by molar-refractivity contribution is 5.41. The van der Waals surface area contributed by atoms with E-state index in [-0.39, 0.29) is 6.61 Å². The summed E-state index contributed by atoms with van der Waals surface area (Å²) in [4.78, 5) is 0. The predicted molar refractivity (Wildman–Crippen MR) is 67.4 cm³/mol. The highest BCUT2D eigenvalue weighted by atomic mass is 16.5. The van der Waals surface area contributed by atoms with Gasteiger partial charge in [-0.25, -0.2) is 4.68 Å². The first-order valence-electron chi connectivity index (χ1n) is 5.93. The second-order valence-electron chi connectivity index (χ2n) is 3.97. The van der Waals surface area contributed by atoms with Crippen molar-refractivity contribution in [3.63, 3.8) is 0 Å². The lowest BCUT2D eigenvalue weighted by atomic mass is 10.1. The van der Waals surface area contributed by atoms with E-state index in [1.54, 1.807) is 11.8 Å². The number of aliphatic hydroxyl groups excluding tert-OH is 1. The fourth-order valence-corrected chi connectivity index (χ4v) is 1.95. The summed E-state index contributed by atoms with van der Waals surface area (Å²) >= 11 is 0. The molecule has 5 nitrogen and oxygen atoms in total. The first-order chi connectivity index (χ1) is 8.81. The third-order valence-electron chi connectivity index (χ3n) is 2.88. The number of hydrogen-bond donors (Lipinski definition) is 1. The summed E-state index contributed by atoms with van der Waals surface area (Å²) in [6.45, 7) is 2.34. The van der Waals surface area contributed by atoms with Gasteiger partial charge in [0.1, 0.15) is 5.69 Å². The van der Waals surface area contributed by atoms with Crippen molar-refractivity contribution < 1.29 is 9.84 Å². The molecule has 96 valence electrons. The van der Waals surface area contributed by atoms with Crippen molar-refractivity contribution in [1.29, 1.82) is 0 Å². The first-order valence-corrected chi connectivity index (χ1v) is 5.93. The zero-order valence-corrected chi connectivity index (χ0v) is 10.6. The number of para-hydroxylation sites is 1. The first kappa shape index (κ1) is 12.7. The number of aliphatic hydroxyl groups is 1. The van der Waals surface area contributed by atoms with Crippen molar-refractivity contribution in [3.8, 4) is 5.69 Å². The molecule has 5 heteroatoms. The Balaban J connectivity index is 2.52. The smallest absolute Gasteiger partial charge is 0.114 e. The molecule has 0 fully saturated rings. The molecule has 0 radical (unpaired) electrons. The number of ether oxygens (including phenoxy) is 1. The van der Waals surface area contributed by atoms with Crippen LogP contribution in [-0.4, -0.2) is 27.2 Å². The molecule has 0 bridgehead atoms. The van der Waals surface area contributed by atoms with E-state index >= 15 is 0 Å². The summed E-state index contributed by atoms with van der Waals surface area (Å²) < 4.78 is 6.90. The van der Waals surface area contributed by atoms with Crippen molar-refractivity contribution in [2.75, 3.05) is 7.11 Å². The van der Waals surface area contributed by atoms with Crippen LogP contribution in [0.2, 0.25) is 0 Å². The van der Waals surface area contributed by atoms with Crippen LogP contribution in [0.5, 0.6) is 0 Å². The van der Waals surface area contributed by atoms with Crippen molar-refractivity contribution in [2.45, 2.75) is 26.6 Å². The Kier molecular flexibility index (Phi) is 4.07. The van der Waals surface area contributed by atoms with Gasteiger partial charge in [0.2, 0.25) is 0 Å². The Morgan fingerprint density at radius 3 is 2.78 bits per heavy atom. The lowest BCUT2D eigenvalue weighted by Gasteiger charge is -2.10. The summed E-state index contributed by atoms with van der Waals surface area (Å²) in [7, 11) is 1.62. The minimum atomic E-state index is -0.132. The summed E-state index contributed by atoms with van der Waals surface area (Å²) in [5, 5.41) is 17.4. The van der Waals surface area contributed by atoms with Crippen molar-refractivity contribution in [3.05, 3.63) is 41.2 Å². The van der Waals surface area contributed by atoms with Crippen LogP contribution in [0, 0.1) is 0 Å². The van der Waals surface area contributed by atoms with Crippen LogP contribution in [0.3, 0.4) is 0 Å². The summed E-state index contributed by atoms with van der Waals surface area (Å²) in [5.74, 6) is 0. The SMILES string of the molecule is CCc1ccccc1-n1nnc(CO)c1COC. The zero-order valence-electron chi connectivity index (χ0n) is 10.6. The Bertz CT molecular complexity index is 523. The molecule has 0 unspecified atom stereocenters. The quantitative estimate of drug-likeness (QED) is 0.869. The molecule has 0 atom stereocenters. The minimum absolute atomic E-state index is 0.132. The highest BCUT2D eigenvalue weighted by Gasteiger charge is 2.14. The van der Waals surface area contributed by atoms with Gasteiger partial charge in [0, 0.05) is 7.11 Å². The topological polar surface area (TPSA) is 60.2 Å². The van der Waals surface area contributed by atoms with Gasteiger partial charge in [0.15, 0.2) is 0 Å². The van der Waals surface area contributed by atoms with E-state index in [0.29, 0.717) is 12.3 Å². The van der Waals surface area contributed by atoms with Gasteiger partial charge >= 0.3 is 0 Å². The van der Waals surface area contributed by atoms with E-state index in [1.165, 1.54) is 5.56 Å². The summed E-state index contributed by atoms with van der Waals surface area (Å²) in [5.41, 5.74) is 3.52. The number of benzene rings is 1. The third kappa shape index (κ3) is 2.27. The number of rotatable bonds is 5. The Labute approximate surface area is 106 Å². The van der Waals surface area contributed by atoms with Crippen LogP contribution >= 0.6 is 0 Å². The Morgan fingerprint density at radius 2 is 2.11 bits per heavy atom.